The van der Waals surface area contributed by atoms with E-state index in [1.54, 1.807) is 81.7 Å². The van der Waals surface area contributed by atoms with Gasteiger partial charge in [-0.2, -0.15) is 10.5 Å². The van der Waals surface area contributed by atoms with Crippen molar-refractivity contribution in [3.05, 3.63) is 205 Å². The normalized spacial score (nSPS) is 11.8. The molecular formula is C69H66N14O6S2. The minimum Gasteiger partial charge on any atom is -0.415 e. The van der Waals surface area contributed by atoms with Crippen LogP contribution >= 0.6 is 10.5 Å². The van der Waals surface area contributed by atoms with Crippen LogP contribution in [-0.4, -0.2) is 110 Å². The van der Waals surface area contributed by atoms with Crippen molar-refractivity contribution in [2.75, 3.05) is 26.1 Å². The molecule has 0 saturated carbocycles. The van der Waals surface area contributed by atoms with Gasteiger partial charge >= 0.3 is 0 Å². The van der Waals surface area contributed by atoms with Crippen LogP contribution in [-0.2, 0) is 9.84 Å². The number of terminal acetylenes is 1. The lowest BCUT2D eigenvalue weighted by Crippen LogP contribution is -2.13. The van der Waals surface area contributed by atoms with Crippen LogP contribution in [0.3, 0.4) is 0 Å². The number of hydrogen-bond donors (Lipinski definition) is 2. The maximum absolute atomic E-state index is 12.3. The summed E-state index contributed by atoms with van der Waals surface area (Å²) in [6, 6.07) is 46.9. The molecule has 0 saturated heterocycles. The van der Waals surface area contributed by atoms with Gasteiger partial charge in [-0.3, -0.25) is 9.97 Å². The smallest absolute Gasteiger partial charge is 0.270 e. The third-order valence-electron chi connectivity index (χ3n) is 14.2. The van der Waals surface area contributed by atoms with Gasteiger partial charge in [-0.25, -0.2) is 28.4 Å². The summed E-state index contributed by atoms with van der Waals surface area (Å²) in [5.41, 5.74) is 19.2. The first-order valence-corrected chi connectivity index (χ1v) is 31.7. The van der Waals surface area contributed by atoms with E-state index in [1.165, 1.54) is 11.1 Å². The van der Waals surface area contributed by atoms with Gasteiger partial charge in [0.15, 0.2) is 21.3 Å². The van der Waals surface area contributed by atoms with Crippen molar-refractivity contribution in [3.63, 3.8) is 0 Å². The summed E-state index contributed by atoms with van der Waals surface area (Å²) in [5, 5.41) is 34.1. The Bertz CT molecular complexity index is 4750. The number of aliphatic hydroxyl groups excluding tert-OH is 1. The number of benzene rings is 6. The van der Waals surface area contributed by atoms with Gasteiger partial charge < -0.3 is 29.0 Å². The number of nitrogen functional groups attached to an aromatic ring is 1. The van der Waals surface area contributed by atoms with E-state index >= 15 is 0 Å². The highest BCUT2D eigenvalue weighted by atomic mass is 32.2. The molecule has 0 aliphatic rings. The average molecular weight is 1250 g/mol. The number of aromatic nitrogens is 12. The lowest BCUT2D eigenvalue weighted by molar-refractivity contribution is 0.199. The summed E-state index contributed by atoms with van der Waals surface area (Å²) in [7, 11) is 0.553. The van der Waals surface area contributed by atoms with Crippen LogP contribution in [0.1, 0.15) is 57.8 Å². The second-order valence-corrected chi connectivity index (χ2v) is 25.4. The largest absolute Gasteiger partial charge is 0.415 e. The van der Waals surface area contributed by atoms with Crippen LogP contribution < -0.4 is 5.73 Å². The Morgan fingerprint density at radius 3 is 1.49 bits per heavy atom. The maximum Gasteiger partial charge on any atom is 0.270 e. The number of sulfone groups is 1. The van der Waals surface area contributed by atoms with Gasteiger partial charge in [-0.05, 0) is 125 Å². The van der Waals surface area contributed by atoms with Crippen molar-refractivity contribution in [2.45, 2.75) is 55.8 Å². The number of hydrogen-bond acceptors (Lipinski definition) is 20. The van der Waals surface area contributed by atoms with Crippen LogP contribution in [0.4, 0.5) is 5.82 Å². The van der Waals surface area contributed by atoms with Crippen LogP contribution in [0.5, 0.6) is 0 Å². The zero-order valence-electron chi connectivity index (χ0n) is 51.0. The Labute approximate surface area is 532 Å². The molecule has 0 radical (unpaired) electrons. The molecule has 20 nitrogen and oxygen atoms in total. The fraction of sp³-hybridized carbons (Fsp3) is 0.145. The molecule has 2 unspecified atom stereocenters. The Balaban J connectivity index is 0.000000178. The van der Waals surface area contributed by atoms with E-state index in [0.29, 0.717) is 69.1 Å². The molecular weight excluding hydrogens is 1180 g/mol. The van der Waals surface area contributed by atoms with Crippen LogP contribution in [0, 0.1) is 26.2 Å². The van der Waals surface area contributed by atoms with Gasteiger partial charge in [0.05, 0.1) is 63.3 Å². The number of nitrogens with two attached hydrogens (primary N) is 1. The summed E-state index contributed by atoms with van der Waals surface area (Å²) in [6.07, 6.45) is 11.9. The Morgan fingerprint density at radius 1 is 0.582 bits per heavy atom. The van der Waals surface area contributed by atoms with Gasteiger partial charge in [-0.1, -0.05) is 97.2 Å². The number of nitrogens with zero attached hydrogens (tertiary/aromatic N) is 13. The number of anilines is 1. The Hall–Kier alpha value is -11.0. The molecule has 0 spiro atoms. The average Bonchev–Trinajstić information content (AvgIpc) is 1.92. The molecule has 0 bridgehead atoms. The van der Waals surface area contributed by atoms with E-state index in [4.69, 9.17) is 35.4 Å². The molecule has 460 valence electrons. The van der Waals surface area contributed by atoms with Crippen molar-refractivity contribution in [3.8, 4) is 115 Å². The predicted octanol–water partition coefficient (Wildman–Crippen LogP) is 13.7. The zero-order valence-corrected chi connectivity index (χ0v) is 52.6. The highest BCUT2D eigenvalue weighted by Gasteiger charge is 2.22. The highest BCUT2D eigenvalue weighted by Crippen LogP contribution is 2.33. The molecule has 6 heterocycles. The van der Waals surface area contributed by atoms with Gasteiger partial charge in [0.2, 0.25) is 17.7 Å². The van der Waals surface area contributed by atoms with Crippen molar-refractivity contribution in [1.29, 1.82) is 0 Å². The molecule has 0 fully saturated rings. The quantitative estimate of drug-likeness (QED) is 0.0712. The monoisotopic (exact) mass is 1250 g/mol. The summed E-state index contributed by atoms with van der Waals surface area (Å²) >= 11 is 0. The van der Waals surface area contributed by atoms with E-state index in [2.05, 4.69) is 87.3 Å². The van der Waals surface area contributed by atoms with E-state index in [0.717, 1.165) is 56.0 Å². The van der Waals surface area contributed by atoms with Crippen molar-refractivity contribution >= 4 is 37.7 Å². The van der Waals surface area contributed by atoms with E-state index in [9.17, 15) is 13.5 Å². The number of aliphatic hydroxyl groups is 1. The van der Waals surface area contributed by atoms with E-state index < -0.39 is 21.2 Å². The van der Waals surface area contributed by atoms with Gasteiger partial charge in [0.1, 0.15) is 11.4 Å². The van der Waals surface area contributed by atoms with Crippen LogP contribution in [0.25, 0.3) is 109 Å². The lowest BCUT2D eigenvalue weighted by atomic mass is 10.1. The van der Waals surface area contributed by atoms with Crippen LogP contribution in [0.15, 0.2) is 200 Å². The summed E-state index contributed by atoms with van der Waals surface area (Å²) in [5.74, 6) is 8.65. The van der Waals surface area contributed by atoms with Crippen LogP contribution in [0.2, 0.25) is 0 Å². The SMILES string of the molecule is C#Cc1ccc(-c2nnc(-c3nc(-c4ccc(S(=O)(=O)C(C)C)cc4)cnc3N)o2)cc1.C=C(c1ccc(-c2cnc(C)c(-c3nnc(-c4cccc(C(C)O)c4)o3)n2)cc1)N(C)C.C=S(C)c1ccc(-c2cnc(C)c(-c3nnc(-c4ccccc4)o3)n2)cc1.[HH].[HH]. The number of rotatable bonds is 15. The third kappa shape index (κ3) is 14.6. The third-order valence-corrected chi connectivity index (χ3v) is 17.5. The molecule has 0 aliphatic heterocycles. The first-order chi connectivity index (χ1) is 43.7. The lowest BCUT2D eigenvalue weighted by Gasteiger charge is -2.16. The molecule has 0 amide bonds. The molecule has 6 aromatic carbocycles. The van der Waals surface area contributed by atoms with Crippen molar-refractivity contribution < 1.29 is 29.6 Å². The van der Waals surface area contributed by atoms with Gasteiger partial charge in [0.25, 0.3) is 17.7 Å². The molecule has 12 rings (SSSR count). The summed E-state index contributed by atoms with van der Waals surface area (Å²) in [4.78, 5) is 30.6. The maximum atomic E-state index is 12.3. The molecule has 0 aliphatic carbocycles. The Morgan fingerprint density at radius 2 is 1.01 bits per heavy atom. The predicted molar refractivity (Wildman–Crippen MR) is 359 cm³/mol. The molecule has 22 heteroatoms. The van der Waals surface area contributed by atoms with Gasteiger partial charge in [0, 0.05) is 66.5 Å². The fourth-order valence-corrected chi connectivity index (χ4v) is 10.5. The summed E-state index contributed by atoms with van der Waals surface area (Å²) in [6.45, 7) is 12.8. The van der Waals surface area contributed by atoms with E-state index in [1.807, 2.05) is 124 Å². The summed E-state index contributed by atoms with van der Waals surface area (Å²) < 4.78 is 42.2. The minimum absolute atomic E-state index is 0. The molecule has 6 aromatic heterocycles. The highest BCUT2D eigenvalue weighted by molar-refractivity contribution is 8.13. The molecule has 3 N–H and O–H groups in total. The molecule has 2 atom stereocenters. The second kappa shape index (κ2) is 27.6. The molecule has 12 aromatic rings. The topological polar surface area (TPSA) is 278 Å². The van der Waals surface area contributed by atoms with Gasteiger partial charge in [-0.15, -0.1) is 37.0 Å². The zero-order chi connectivity index (χ0) is 64.5. The van der Waals surface area contributed by atoms with Crippen molar-refractivity contribution in [1.82, 2.24) is 65.4 Å². The minimum atomic E-state index is -3.36. The van der Waals surface area contributed by atoms with E-state index in [-0.39, 0.29) is 35.6 Å². The van der Waals surface area contributed by atoms with Crippen molar-refractivity contribution in [2.24, 2.45) is 0 Å². The molecule has 91 heavy (non-hydrogen) atoms. The number of aryl methyl sites for hydroxylation is 2. The Kier molecular flexibility index (Phi) is 19.1. The standard InChI is InChI=1S/C25H25N5O2.C23H19N5O3S.C21H18N4OS.2H2/c1-15-23(25-29-28-24(32-25)21-8-6-7-20(13-21)17(3)31)27-22(14-26-15)19-11-9-18(10-12-19)16(2)30(4)5;1-4-15-5-7-17(8-6-15)22-27-28-23(31-22)20-21(24)25-13-19(26-20)16-9-11-18(12-10-16)32(29,30)14(2)3;1-14-19(21-25-24-20(26-21)16-7-5-4-6-8-16)23-18(13-22-14)15-9-11-17(12-10-15)27(2)3;;/h6-14,17,31H,2H2,1,3-5H3;1,5-14H,2-3H3,(H2,24,25);4-13H,2H2,1,3H3;2*1H. The fourth-order valence-electron chi connectivity index (χ4n) is 8.84. The first-order valence-electron chi connectivity index (χ1n) is 28.3. The first kappa shape index (κ1) is 63.0. The second-order valence-electron chi connectivity index (χ2n) is 21.2.